The van der Waals surface area contributed by atoms with Gasteiger partial charge in [-0.15, -0.1) is 0 Å². The van der Waals surface area contributed by atoms with E-state index in [0.717, 1.165) is 22.0 Å². The average Bonchev–Trinajstić information content (AvgIpc) is 2.77. The first-order valence-corrected chi connectivity index (χ1v) is 11.2. The molecule has 4 aromatic rings. The van der Waals surface area contributed by atoms with Crippen LogP contribution in [0.25, 0.3) is 22.0 Å². The van der Waals surface area contributed by atoms with E-state index in [-0.39, 0.29) is 5.82 Å². The maximum atomic E-state index is 14.4. The van der Waals surface area contributed by atoms with Crippen LogP contribution in [-0.4, -0.2) is 20.1 Å². The Balaban J connectivity index is 1.79. The Hall–Kier alpha value is -2.80. The molecule has 0 radical (unpaired) electrons. The van der Waals surface area contributed by atoms with Crippen LogP contribution in [0.5, 0.6) is 0 Å². The van der Waals surface area contributed by atoms with Crippen molar-refractivity contribution in [2.24, 2.45) is 0 Å². The van der Waals surface area contributed by atoms with E-state index in [1.165, 1.54) is 12.1 Å². The first-order chi connectivity index (χ1) is 15.5. The lowest BCUT2D eigenvalue weighted by molar-refractivity contribution is 0.0687. The highest BCUT2D eigenvalue weighted by molar-refractivity contribution is 6.35. The van der Waals surface area contributed by atoms with Gasteiger partial charge in [-0.3, -0.25) is 4.98 Å². The summed E-state index contributed by atoms with van der Waals surface area (Å²) in [4.78, 5) is 13.2. The van der Waals surface area contributed by atoms with Crippen molar-refractivity contribution in [3.63, 3.8) is 0 Å². The molecule has 170 valence electrons. The molecule has 0 saturated carbocycles. The zero-order valence-corrected chi connectivity index (χ0v) is 20.1. The number of fused-ring (bicyclic) bond motifs is 1. The third-order valence-corrected chi connectivity index (χ3v) is 6.11. The fourth-order valence-corrected chi connectivity index (χ4v) is 4.00. The van der Waals surface area contributed by atoms with Gasteiger partial charge in [0.25, 0.3) is 0 Å². The number of pyridine rings is 1. The van der Waals surface area contributed by atoms with E-state index < -0.39 is 11.6 Å². The second-order valence-corrected chi connectivity index (χ2v) is 9.32. The number of nitrogens with zero attached hydrogens (tertiary/aromatic N) is 3. The van der Waals surface area contributed by atoms with Gasteiger partial charge in [0.2, 0.25) is 0 Å². The molecule has 2 aromatic heterocycles. The van der Waals surface area contributed by atoms with Crippen LogP contribution in [0.15, 0.2) is 48.8 Å². The lowest BCUT2D eigenvalue weighted by atomic mass is 10.0. The van der Waals surface area contributed by atoms with Crippen LogP contribution in [0.1, 0.15) is 43.9 Å². The lowest BCUT2D eigenvalue weighted by Crippen LogP contribution is -2.19. The highest BCUT2D eigenvalue weighted by atomic mass is 35.5. The molecular formula is C25H23Cl2FN4O. The van der Waals surface area contributed by atoms with E-state index in [9.17, 15) is 9.50 Å². The Morgan fingerprint density at radius 1 is 1.03 bits per heavy atom. The molecule has 0 bridgehead atoms. The average molecular weight is 485 g/mol. The number of hydrogen-bond donors (Lipinski definition) is 2. The van der Waals surface area contributed by atoms with Crippen molar-refractivity contribution in [3.8, 4) is 11.1 Å². The van der Waals surface area contributed by atoms with Crippen molar-refractivity contribution in [1.29, 1.82) is 0 Å². The Labute approximate surface area is 201 Å². The summed E-state index contributed by atoms with van der Waals surface area (Å²) in [6.45, 7) is 6.94. The van der Waals surface area contributed by atoms with E-state index in [1.54, 1.807) is 32.3 Å². The highest BCUT2D eigenvalue weighted by Gasteiger charge is 2.20. The molecule has 5 nitrogen and oxygen atoms in total. The van der Waals surface area contributed by atoms with Gasteiger partial charge >= 0.3 is 0 Å². The molecule has 0 saturated heterocycles. The van der Waals surface area contributed by atoms with Crippen molar-refractivity contribution < 1.29 is 9.50 Å². The fourth-order valence-electron chi connectivity index (χ4n) is 3.62. The molecule has 2 heterocycles. The zero-order valence-electron chi connectivity index (χ0n) is 18.6. The van der Waals surface area contributed by atoms with Crippen LogP contribution in [0.2, 0.25) is 10.0 Å². The summed E-state index contributed by atoms with van der Waals surface area (Å²) in [6, 6.07) is 9.84. The predicted octanol–water partition coefficient (Wildman–Crippen LogP) is 6.85. The Morgan fingerprint density at radius 2 is 1.73 bits per heavy atom. The number of halogens is 3. The van der Waals surface area contributed by atoms with Gasteiger partial charge in [0.05, 0.1) is 28.0 Å². The molecule has 1 atom stereocenters. The molecule has 0 aliphatic heterocycles. The van der Waals surface area contributed by atoms with E-state index in [0.29, 0.717) is 32.8 Å². The smallest absolute Gasteiger partial charge is 0.159 e. The second kappa shape index (κ2) is 8.86. The quantitative estimate of drug-likeness (QED) is 0.324. The molecule has 4 rings (SSSR count). The van der Waals surface area contributed by atoms with Gasteiger partial charge in [0.15, 0.2) is 5.82 Å². The van der Waals surface area contributed by atoms with Crippen molar-refractivity contribution in [3.05, 3.63) is 81.7 Å². The first kappa shape index (κ1) is 23.4. The SMILES string of the molecule is Cc1nc2ccc(-c3cnc(C(C)(C)O)nc3)cc2c(N[C@H](C)c2cc(Cl)ccc2F)c1Cl. The van der Waals surface area contributed by atoms with Gasteiger partial charge in [-0.1, -0.05) is 29.3 Å². The molecule has 0 spiro atoms. The number of anilines is 1. The summed E-state index contributed by atoms with van der Waals surface area (Å²) in [5, 5.41) is 15.2. The summed E-state index contributed by atoms with van der Waals surface area (Å²) in [7, 11) is 0. The molecule has 0 fully saturated rings. The maximum absolute atomic E-state index is 14.4. The summed E-state index contributed by atoms with van der Waals surface area (Å²) in [6.07, 6.45) is 3.34. The van der Waals surface area contributed by atoms with E-state index in [4.69, 9.17) is 23.2 Å². The normalized spacial score (nSPS) is 12.7. The number of hydrogen-bond acceptors (Lipinski definition) is 5. The molecule has 2 N–H and O–H groups in total. The Bertz CT molecular complexity index is 1340. The summed E-state index contributed by atoms with van der Waals surface area (Å²) in [5.74, 6) is -0.0116. The largest absolute Gasteiger partial charge is 0.382 e. The third kappa shape index (κ3) is 4.78. The summed E-state index contributed by atoms with van der Waals surface area (Å²) < 4.78 is 14.4. The van der Waals surface area contributed by atoms with Crippen molar-refractivity contribution >= 4 is 39.8 Å². The summed E-state index contributed by atoms with van der Waals surface area (Å²) in [5.41, 5.74) is 3.01. The second-order valence-electron chi connectivity index (χ2n) is 8.50. The first-order valence-electron chi connectivity index (χ1n) is 10.4. The Morgan fingerprint density at radius 3 is 2.39 bits per heavy atom. The van der Waals surface area contributed by atoms with Gasteiger partial charge in [0.1, 0.15) is 11.4 Å². The van der Waals surface area contributed by atoms with Crippen LogP contribution in [0.3, 0.4) is 0 Å². The van der Waals surface area contributed by atoms with E-state index in [2.05, 4.69) is 20.3 Å². The molecule has 8 heteroatoms. The topological polar surface area (TPSA) is 70.9 Å². The number of aryl methyl sites for hydroxylation is 1. The van der Waals surface area contributed by atoms with Crippen LogP contribution >= 0.6 is 23.2 Å². The van der Waals surface area contributed by atoms with Gasteiger partial charge in [-0.25, -0.2) is 14.4 Å². The van der Waals surface area contributed by atoms with Crippen molar-refractivity contribution in [1.82, 2.24) is 15.0 Å². The van der Waals surface area contributed by atoms with Crippen LogP contribution in [0, 0.1) is 12.7 Å². The van der Waals surface area contributed by atoms with Crippen LogP contribution < -0.4 is 5.32 Å². The maximum Gasteiger partial charge on any atom is 0.159 e. The lowest BCUT2D eigenvalue weighted by Gasteiger charge is -2.20. The molecule has 0 amide bonds. The number of benzene rings is 2. The summed E-state index contributed by atoms with van der Waals surface area (Å²) >= 11 is 12.7. The van der Waals surface area contributed by atoms with Gasteiger partial charge in [-0.2, -0.15) is 0 Å². The molecule has 0 aliphatic carbocycles. The van der Waals surface area contributed by atoms with Gasteiger partial charge < -0.3 is 10.4 Å². The van der Waals surface area contributed by atoms with E-state index >= 15 is 0 Å². The number of rotatable bonds is 5. The minimum atomic E-state index is -1.13. The molecule has 33 heavy (non-hydrogen) atoms. The van der Waals surface area contributed by atoms with Crippen molar-refractivity contribution in [2.75, 3.05) is 5.32 Å². The third-order valence-electron chi connectivity index (χ3n) is 5.41. The number of aliphatic hydroxyl groups is 1. The zero-order chi connectivity index (χ0) is 23.9. The standard InChI is InChI=1S/C25H23Cl2FN4O/c1-13(18-10-17(26)6-7-20(18)28)32-23-19-9-15(5-8-21(19)31-14(2)22(23)27)16-11-29-24(30-12-16)25(3,4)33/h5-13,33H,1-4H3,(H,31,32)/t13-/m1/s1. The molecule has 0 aliphatic rings. The molecule has 2 aromatic carbocycles. The van der Waals surface area contributed by atoms with Crippen molar-refractivity contribution in [2.45, 2.75) is 39.3 Å². The highest BCUT2D eigenvalue weighted by Crippen LogP contribution is 2.37. The Kier molecular flexibility index (Phi) is 6.27. The monoisotopic (exact) mass is 484 g/mol. The number of aromatic nitrogens is 3. The minimum absolute atomic E-state index is 0.340. The van der Waals surface area contributed by atoms with E-state index in [1.807, 2.05) is 32.0 Å². The minimum Gasteiger partial charge on any atom is -0.382 e. The van der Waals surface area contributed by atoms with Gasteiger partial charge in [-0.05, 0) is 63.6 Å². The number of nitrogens with one attached hydrogen (secondary N) is 1. The van der Waals surface area contributed by atoms with Gasteiger partial charge in [0, 0.05) is 33.9 Å². The fraction of sp³-hybridized carbons (Fsp3) is 0.240. The molecular weight excluding hydrogens is 462 g/mol. The molecule has 0 unspecified atom stereocenters. The van der Waals surface area contributed by atoms with Crippen LogP contribution in [-0.2, 0) is 5.60 Å². The van der Waals surface area contributed by atoms with Crippen LogP contribution in [0.4, 0.5) is 10.1 Å². The predicted molar refractivity (Wildman–Crippen MR) is 131 cm³/mol.